The van der Waals surface area contributed by atoms with Gasteiger partial charge in [-0.25, -0.2) is 0 Å². The second-order valence-electron chi connectivity index (χ2n) is 11.8. The molecule has 3 heterocycles. The van der Waals surface area contributed by atoms with Gasteiger partial charge in [0.05, 0.1) is 12.7 Å². The van der Waals surface area contributed by atoms with Crippen LogP contribution in [0.5, 0.6) is 0 Å². The summed E-state index contributed by atoms with van der Waals surface area (Å²) in [6.45, 7) is 24.4. The molecular weight excluding hydrogens is 444 g/mol. The maximum Gasteiger partial charge on any atom is 0.192 e. The molecule has 192 valence electrons. The quantitative estimate of drug-likeness (QED) is 0.429. The van der Waals surface area contributed by atoms with Gasteiger partial charge < -0.3 is 38.0 Å². The van der Waals surface area contributed by atoms with Gasteiger partial charge in [-0.2, -0.15) is 0 Å². The molecule has 0 saturated carbocycles. The van der Waals surface area contributed by atoms with Crippen molar-refractivity contribution in [2.75, 3.05) is 6.61 Å². The molecule has 0 bridgehead atoms. The number of hydrogen-bond acceptors (Lipinski definition) is 8. The zero-order valence-electron chi connectivity index (χ0n) is 21.9. The van der Waals surface area contributed by atoms with E-state index in [0.717, 1.165) is 0 Å². The fourth-order valence-electron chi connectivity index (χ4n) is 4.26. The number of aliphatic hydroxyl groups excluding tert-OH is 1. The van der Waals surface area contributed by atoms with Crippen LogP contribution in [0.15, 0.2) is 12.7 Å². The van der Waals surface area contributed by atoms with Gasteiger partial charge in [0.2, 0.25) is 0 Å². The number of aliphatic hydroxyl groups is 1. The zero-order chi connectivity index (χ0) is 25.0. The van der Waals surface area contributed by atoms with Crippen LogP contribution in [-0.2, 0) is 32.8 Å². The highest BCUT2D eigenvalue weighted by molar-refractivity contribution is 6.74. The third-order valence-electron chi connectivity index (χ3n) is 7.07. The summed E-state index contributed by atoms with van der Waals surface area (Å²) in [5.74, 6) is -1.56. The molecule has 8 nitrogen and oxygen atoms in total. The molecule has 0 unspecified atom stereocenters. The molecule has 3 fully saturated rings. The Bertz CT molecular complexity index is 703. The van der Waals surface area contributed by atoms with E-state index in [1.807, 2.05) is 34.6 Å². The Balaban J connectivity index is 1.74. The fraction of sp³-hybridized carbons (Fsp3) is 0.917. The average molecular weight is 489 g/mol. The second-order valence-corrected chi connectivity index (χ2v) is 16.6. The van der Waals surface area contributed by atoms with Crippen molar-refractivity contribution in [2.45, 2.75) is 134 Å². The highest BCUT2D eigenvalue weighted by Crippen LogP contribution is 2.43. The minimum absolute atomic E-state index is 0.0234. The molecule has 3 rings (SSSR count). The van der Waals surface area contributed by atoms with Crippen molar-refractivity contribution in [1.29, 1.82) is 0 Å². The molecule has 3 aliphatic rings. The van der Waals surface area contributed by atoms with Crippen LogP contribution in [0.3, 0.4) is 0 Å². The highest BCUT2D eigenvalue weighted by Gasteiger charge is 2.59. The Kier molecular flexibility index (Phi) is 7.64. The Labute approximate surface area is 200 Å². The number of hydrogen-bond donors (Lipinski definition) is 1. The normalized spacial score (nSPS) is 36.4. The largest absolute Gasteiger partial charge is 0.411 e. The van der Waals surface area contributed by atoms with Crippen LogP contribution in [0.4, 0.5) is 0 Å². The lowest BCUT2D eigenvalue weighted by Gasteiger charge is -2.48. The molecule has 0 aromatic rings. The molecule has 0 aromatic carbocycles. The van der Waals surface area contributed by atoms with Crippen molar-refractivity contribution in [2.24, 2.45) is 0 Å². The molecule has 0 radical (unpaired) electrons. The molecule has 3 saturated heterocycles. The Hall–Kier alpha value is -0.363. The van der Waals surface area contributed by atoms with Gasteiger partial charge in [0, 0.05) is 0 Å². The standard InChI is InChI=1S/C24H44O8Si/c1-12-15(17(25)14(2)32-33(10,11)22(3,4)5)27-21-20-19(30-24(8,9)31-20)18-16(28-21)13-26-23(6,7)29-18/h12,14-21,25H,1,13H2,2-11H3/t14-,15+,16+,17+,18+,19-,20-,21-/m0/s1. The van der Waals surface area contributed by atoms with Gasteiger partial charge in [-0.1, -0.05) is 26.8 Å². The van der Waals surface area contributed by atoms with Crippen LogP contribution < -0.4 is 0 Å². The van der Waals surface area contributed by atoms with Crippen molar-refractivity contribution in [3.05, 3.63) is 12.7 Å². The fourth-order valence-corrected chi connectivity index (χ4v) is 5.68. The van der Waals surface area contributed by atoms with E-state index in [2.05, 4.69) is 40.4 Å². The summed E-state index contributed by atoms with van der Waals surface area (Å²) < 4.78 is 43.2. The van der Waals surface area contributed by atoms with Crippen LogP contribution in [0, 0.1) is 0 Å². The van der Waals surface area contributed by atoms with E-state index in [1.165, 1.54) is 0 Å². The first kappa shape index (κ1) is 27.2. The van der Waals surface area contributed by atoms with Crippen molar-refractivity contribution < 1.29 is 38.0 Å². The third-order valence-corrected chi connectivity index (χ3v) is 11.6. The molecule has 0 spiro atoms. The van der Waals surface area contributed by atoms with Crippen molar-refractivity contribution in [3.8, 4) is 0 Å². The Morgan fingerprint density at radius 2 is 1.61 bits per heavy atom. The van der Waals surface area contributed by atoms with E-state index < -0.39 is 56.7 Å². The van der Waals surface area contributed by atoms with Gasteiger partial charge in [0.15, 0.2) is 26.2 Å². The van der Waals surface area contributed by atoms with Crippen molar-refractivity contribution >= 4 is 8.32 Å². The minimum atomic E-state index is -2.08. The predicted octanol–water partition coefficient (Wildman–Crippen LogP) is 3.73. The summed E-state index contributed by atoms with van der Waals surface area (Å²) in [6, 6.07) is 0. The van der Waals surface area contributed by atoms with Crippen LogP contribution in [0.25, 0.3) is 0 Å². The number of fused-ring (bicyclic) bond motifs is 3. The molecular formula is C24H44O8Si. The Morgan fingerprint density at radius 3 is 2.18 bits per heavy atom. The molecule has 1 N–H and O–H groups in total. The van der Waals surface area contributed by atoms with E-state index in [1.54, 1.807) is 6.08 Å². The first-order valence-electron chi connectivity index (χ1n) is 11.9. The smallest absolute Gasteiger partial charge is 0.192 e. The van der Waals surface area contributed by atoms with Crippen LogP contribution in [-0.4, -0.2) is 80.6 Å². The molecule has 0 aliphatic carbocycles. The summed E-state index contributed by atoms with van der Waals surface area (Å²) in [4.78, 5) is 0. The van der Waals surface area contributed by atoms with Gasteiger partial charge in [-0.05, 0) is 52.8 Å². The van der Waals surface area contributed by atoms with E-state index in [-0.39, 0.29) is 17.2 Å². The summed E-state index contributed by atoms with van der Waals surface area (Å²) in [6.07, 6.45) is -2.95. The lowest BCUT2D eigenvalue weighted by Crippen LogP contribution is -2.64. The molecule has 9 heteroatoms. The van der Waals surface area contributed by atoms with Crippen molar-refractivity contribution in [1.82, 2.24) is 0 Å². The van der Waals surface area contributed by atoms with Crippen LogP contribution in [0.2, 0.25) is 18.1 Å². The summed E-state index contributed by atoms with van der Waals surface area (Å²) >= 11 is 0. The average Bonchev–Trinajstić information content (AvgIpc) is 2.99. The summed E-state index contributed by atoms with van der Waals surface area (Å²) in [5.41, 5.74) is 0. The maximum absolute atomic E-state index is 11.1. The number of rotatable bonds is 7. The van der Waals surface area contributed by atoms with Crippen molar-refractivity contribution in [3.63, 3.8) is 0 Å². The lowest BCUT2D eigenvalue weighted by atomic mass is 9.97. The molecule has 0 amide bonds. The maximum atomic E-state index is 11.1. The number of ether oxygens (including phenoxy) is 6. The first-order valence-corrected chi connectivity index (χ1v) is 14.8. The van der Waals surface area contributed by atoms with E-state index in [0.29, 0.717) is 6.61 Å². The topological polar surface area (TPSA) is 84.8 Å². The second kappa shape index (κ2) is 9.26. The summed E-state index contributed by atoms with van der Waals surface area (Å²) in [7, 11) is -2.08. The van der Waals surface area contributed by atoms with E-state index >= 15 is 0 Å². The third kappa shape index (κ3) is 5.90. The van der Waals surface area contributed by atoms with Crippen LogP contribution >= 0.6 is 0 Å². The predicted molar refractivity (Wildman–Crippen MR) is 126 cm³/mol. The van der Waals surface area contributed by atoms with Crippen LogP contribution in [0.1, 0.15) is 55.4 Å². The molecule has 33 heavy (non-hydrogen) atoms. The highest BCUT2D eigenvalue weighted by atomic mass is 28.4. The first-order chi connectivity index (χ1) is 15.0. The SMILES string of the molecule is C=C[C@@H](O[C@H]1O[C@@H]2COC(C)(C)O[C@H]2[C@@H]2OC(C)(C)O[C@H]12)[C@H](O)[C@H](C)O[Si](C)(C)C(C)(C)C. The summed E-state index contributed by atoms with van der Waals surface area (Å²) in [5, 5.41) is 11.1. The monoisotopic (exact) mass is 488 g/mol. The zero-order valence-corrected chi connectivity index (χ0v) is 22.9. The van der Waals surface area contributed by atoms with Gasteiger partial charge in [0.25, 0.3) is 0 Å². The van der Waals surface area contributed by atoms with E-state index in [9.17, 15) is 5.11 Å². The van der Waals surface area contributed by atoms with Gasteiger partial charge >= 0.3 is 0 Å². The van der Waals surface area contributed by atoms with Gasteiger partial charge in [-0.3, -0.25) is 0 Å². The Morgan fingerprint density at radius 1 is 1.03 bits per heavy atom. The lowest BCUT2D eigenvalue weighted by molar-refractivity contribution is -0.374. The molecule has 8 atom stereocenters. The molecule has 3 aliphatic heterocycles. The molecule has 0 aromatic heterocycles. The van der Waals surface area contributed by atoms with Gasteiger partial charge in [-0.15, -0.1) is 6.58 Å². The van der Waals surface area contributed by atoms with E-state index in [4.69, 9.17) is 32.8 Å². The van der Waals surface area contributed by atoms with Gasteiger partial charge in [0.1, 0.15) is 36.6 Å². The minimum Gasteiger partial charge on any atom is -0.411 e.